The molecule has 0 aliphatic heterocycles. The lowest BCUT2D eigenvalue weighted by Gasteiger charge is -2.63. The lowest BCUT2D eigenvalue weighted by atomic mass is 9.41. The van der Waals surface area contributed by atoms with Crippen LogP contribution in [0.15, 0.2) is 12.7 Å². The van der Waals surface area contributed by atoms with Crippen LogP contribution >= 0.6 is 0 Å². The van der Waals surface area contributed by atoms with Crippen molar-refractivity contribution in [2.24, 2.45) is 28.1 Å². The molecule has 0 bridgehead atoms. The minimum absolute atomic E-state index is 0.0401. The Kier molecular flexibility index (Phi) is 3.51. The lowest BCUT2D eigenvalue weighted by molar-refractivity contribution is -0.202. The highest BCUT2D eigenvalue weighted by molar-refractivity contribution is 5.88. The minimum Gasteiger partial charge on any atom is -0.390 e. The molecule has 5 atom stereocenters. The standard InChI is InChI=1S/C20H30O3/c1-6-18(4)12-20(23)10-7-13-17(2,3)15(21)8-9-19(13,5)14(20)11-16(18)22/h6,13-14,23H,1,7-12H2,2-5H3/t13-,14+,18+,19-,20+/m0/s1. The highest BCUT2D eigenvalue weighted by Crippen LogP contribution is 2.65. The second kappa shape index (κ2) is 4.78. The van der Waals surface area contributed by atoms with Crippen molar-refractivity contribution in [2.45, 2.75) is 71.8 Å². The van der Waals surface area contributed by atoms with E-state index in [-0.39, 0.29) is 28.4 Å². The molecular weight excluding hydrogens is 288 g/mol. The van der Waals surface area contributed by atoms with E-state index >= 15 is 0 Å². The molecule has 3 heteroatoms. The van der Waals surface area contributed by atoms with Crippen LogP contribution in [0, 0.1) is 28.1 Å². The summed E-state index contributed by atoms with van der Waals surface area (Å²) >= 11 is 0. The molecule has 0 radical (unpaired) electrons. The summed E-state index contributed by atoms with van der Waals surface area (Å²) in [6.07, 6.45) is 5.52. The predicted molar refractivity (Wildman–Crippen MR) is 89.8 cm³/mol. The zero-order chi connectivity index (χ0) is 17.3. The number of carbonyl (C=O) groups is 2. The first-order valence-corrected chi connectivity index (χ1v) is 8.92. The zero-order valence-electron chi connectivity index (χ0n) is 14.9. The molecule has 3 nitrogen and oxygen atoms in total. The van der Waals surface area contributed by atoms with Crippen molar-refractivity contribution in [3.63, 3.8) is 0 Å². The van der Waals surface area contributed by atoms with Gasteiger partial charge in [0, 0.05) is 29.6 Å². The molecule has 0 heterocycles. The summed E-state index contributed by atoms with van der Waals surface area (Å²) in [5, 5.41) is 11.4. The number of fused-ring (bicyclic) bond motifs is 3. The number of rotatable bonds is 1. The van der Waals surface area contributed by atoms with Crippen LogP contribution in [0.2, 0.25) is 0 Å². The Bertz CT molecular complexity index is 577. The van der Waals surface area contributed by atoms with Crippen LogP contribution in [0.5, 0.6) is 0 Å². The lowest BCUT2D eigenvalue weighted by Crippen LogP contribution is -2.64. The van der Waals surface area contributed by atoms with Crippen LogP contribution < -0.4 is 0 Å². The molecule has 0 unspecified atom stereocenters. The van der Waals surface area contributed by atoms with Gasteiger partial charge in [-0.05, 0) is 43.9 Å². The van der Waals surface area contributed by atoms with Crippen molar-refractivity contribution in [3.05, 3.63) is 12.7 Å². The summed E-state index contributed by atoms with van der Waals surface area (Å²) in [4.78, 5) is 25.2. The Morgan fingerprint density at radius 1 is 1.09 bits per heavy atom. The number of aliphatic hydroxyl groups is 1. The number of allylic oxidation sites excluding steroid dienone is 1. The molecule has 23 heavy (non-hydrogen) atoms. The zero-order valence-corrected chi connectivity index (χ0v) is 14.9. The van der Waals surface area contributed by atoms with E-state index in [2.05, 4.69) is 27.4 Å². The maximum Gasteiger partial charge on any atom is 0.143 e. The molecule has 0 aromatic heterocycles. The highest BCUT2D eigenvalue weighted by Gasteiger charge is 2.64. The summed E-state index contributed by atoms with van der Waals surface area (Å²) in [5.74, 6) is 0.742. The fraction of sp³-hybridized carbons (Fsp3) is 0.800. The van der Waals surface area contributed by atoms with E-state index in [1.807, 2.05) is 6.92 Å². The Labute approximate surface area is 139 Å². The molecule has 0 spiro atoms. The van der Waals surface area contributed by atoms with Crippen LogP contribution in [0.1, 0.15) is 66.2 Å². The Morgan fingerprint density at radius 3 is 2.35 bits per heavy atom. The molecule has 0 aromatic carbocycles. The number of hydrogen-bond acceptors (Lipinski definition) is 3. The predicted octanol–water partition coefficient (Wildman–Crippen LogP) is 3.69. The Morgan fingerprint density at radius 2 is 1.74 bits per heavy atom. The first-order valence-electron chi connectivity index (χ1n) is 8.92. The topological polar surface area (TPSA) is 54.4 Å². The smallest absolute Gasteiger partial charge is 0.143 e. The van der Waals surface area contributed by atoms with Gasteiger partial charge in [-0.2, -0.15) is 0 Å². The molecule has 0 amide bonds. The van der Waals surface area contributed by atoms with Crippen molar-refractivity contribution in [2.75, 3.05) is 0 Å². The third-order valence-electron chi connectivity index (χ3n) is 7.74. The molecule has 3 aliphatic carbocycles. The molecule has 3 aliphatic rings. The van der Waals surface area contributed by atoms with E-state index in [0.29, 0.717) is 31.5 Å². The monoisotopic (exact) mass is 318 g/mol. The SMILES string of the molecule is C=C[C@]1(C)C[C@]2(O)CC[C@H]3C(C)(C)C(=O)CC[C@]3(C)[C@H]2CC1=O. The van der Waals surface area contributed by atoms with Gasteiger partial charge in [-0.15, -0.1) is 6.58 Å². The van der Waals surface area contributed by atoms with Crippen molar-refractivity contribution in [3.8, 4) is 0 Å². The summed E-state index contributed by atoms with van der Waals surface area (Å²) in [5.41, 5.74) is -1.91. The first kappa shape index (κ1) is 16.9. The molecule has 128 valence electrons. The molecule has 3 saturated carbocycles. The van der Waals surface area contributed by atoms with Gasteiger partial charge in [0.05, 0.1) is 5.60 Å². The Balaban J connectivity index is 2.02. The van der Waals surface area contributed by atoms with E-state index in [0.717, 1.165) is 12.8 Å². The molecule has 1 N–H and O–H groups in total. The third kappa shape index (κ3) is 2.12. The van der Waals surface area contributed by atoms with Gasteiger partial charge in [0.25, 0.3) is 0 Å². The van der Waals surface area contributed by atoms with Crippen LogP contribution in [-0.2, 0) is 9.59 Å². The largest absolute Gasteiger partial charge is 0.390 e. The summed E-state index contributed by atoms with van der Waals surface area (Å²) in [7, 11) is 0. The normalized spacial score (nSPS) is 49.3. The summed E-state index contributed by atoms with van der Waals surface area (Å²) in [6, 6.07) is 0. The van der Waals surface area contributed by atoms with Gasteiger partial charge in [-0.1, -0.05) is 26.8 Å². The first-order chi connectivity index (χ1) is 10.5. The Hall–Kier alpha value is -0.960. The molecule has 0 saturated heterocycles. The van der Waals surface area contributed by atoms with Crippen LogP contribution in [0.25, 0.3) is 0 Å². The van der Waals surface area contributed by atoms with Gasteiger partial charge in [-0.25, -0.2) is 0 Å². The summed E-state index contributed by atoms with van der Waals surface area (Å²) in [6.45, 7) is 12.1. The van der Waals surface area contributed by atoms with E-state index in [9.17, 15) is 14.7 Å². The average molecular weight is 318 g/mol. The highest BCUT2D eigenvalue weighted by atomic mass is 16.3. The van der Waals surface area contributed by atoms with Gasteiger partial charge >= 0.3 is 0 Å². The van der Waals surface area contributed by atoms with Crippen molar-refractivity contribution < 1.29 is 14.7 Å². The van der Waals surface area contributed by atoms with Gasteiger partial charge in [0.2, 0.25) is 0 Å². The summed E-state index contributed by atoms with van der Waals surface area (Å²) < 4.78 is 0. The molecular formula is C20H30O3. The number of Topliss-reactive ketones (excluding diaryl/α,β-unsaturated/α-hetero) is 2. The van der Waals surface area contributed by atoms with Gasteiger partial charge in [0.15, 0.2) is 0 Å². The molecule has 0 aromatic rings. The molecule has 3 fully saturated rings. The van der Waals surface area contributed by atoms with Gasteiger partial charge < -0.3 is 5.11 Å². The van der Waals surface area contributed by atoms with E-state index in [1.165, 1.54) is 0 Å². The maximum absolute atomic E-state index is 12.7. The van der Waals surface area contributed by atoms with Crippen LogP contribution in [0.4, 0.5) is 0 Å². The van der Waals surface area contributed by atoms with Crippen molar-refractivity contribution >= 4 is 11.6 Å². The maximum atomic E-state index is 12.7. The van der Waals surface area contributed by atoms with Gasteiger partial charge in [-0.3, -0.25) is 9.59 Å². The van der Waals surface area contributed by atoms with Crippen molar-refractivity contribution in [1.82, 2.24) is 0 Å². The quantitative estimate of drug-likeness (QED) is 0.750. The van der Waals surface area contributed by atoms with Crippen molar-refractivity contribution in [1.29, 1.82) is 0 Å². The van der Waals surface area contributed by atoms with E-state index in [1.54, 1.807) is 6.08 Å². The van der Waals surface area contributed by atoms with Crippen LogP contribution in [0.3, 0.4) is 0 Å². The van der Waals surface area contributed by atoms with Gasteiger partial charge in [0.1, 0.15) is 11.6 Å². The van der Waals surface area contributed by atoms with E-state index < -0.39 is 11.0 Å². The number of ketones is 2. The average Bonchev–Trinajstić information content (AvgIpc) is 2.46. The van der Waals surface area contributed by atoms with E-state index in [4.69, 9.17) is 0 Å². The van der Waals surface area contributed by atoms with Crippen LogP contribution in [-0.4, -0.2) is 22.3 Å². The second-order valence-corrected chi connectivity index (χ2v) is 9.32. The fourth-order valence-corrected chi connectivity index (χ4v) is 6.16. The number of hydrogen-bond donors (Lipinski definition) is 1. The third-order valence-corrected chi connectivity index (χ3v) is 7.74. The number of carbonyl (C=O) groups excluding carboxylic acids is 2. The fourth-order valence-electron chi connectivity index (χ4n) is 6.16. The molecule has 3 rings (SSSR count). The minimum atomic E-state index is -0.807. The second-order valence-electron chi connectivity index (χ2n) is 9.32.